The van der Waals surface area contributed by atoms with Gasteiger partial charge in [-0.15, -0.1) is 0 Å². The molecule has 7 heteroatoms. The van der Waals surface area contributed by atoms with Crippen molar-refractivity contribution in [3.63, 3.8) is 0 Å². The average molecular weight is 475 g/mol. The van der Waals surface area contributed by atoms with Gasteiger partial charge < -0.3 is 10.6 Å². The fourth-order valence-corrected chi connectivity index (χ4v) is 4.37. The lowest BCUT2D eigenvalue weighted by molar-refractivity contribution is -0.134. The Balaban J connectivity index is 1.56. The number of anilines is 1. The zero-order valence-electron chi connectivity index (χ0n) is 14.5. The van der Waals surface area contributed by atoms with Crippen molar-refractivity contribution in [3.8, 4) is 0 Å². The smallest absolute Gasteiger partial charge is 0.324 e. The summed E-state index contributed by atoms with van der Waals surface area (Å²) in [4.78, 5) is 39.2. The van der Waals surface area contributed by atoms with Crippen LogP contribution in [0.15, 0.2) is 48.5 Å². The standard InChI is InChI=1S/C20H18IN3O3/c21-15-9-3-4-10-16(15)22-17(25)12-24-18(26)20(23-19(24)27)11-5-7-13-6-1-2-8-14(13)20/h1-4,6,8-10H,5,7,11-12H2,(H,22,25)(H,23,27)/t20-/m0/s1. The summed E-state index contributed by atoms with van der Waals surface area (Å²) in [5.74, 6) is -0.749. The summed E-state index contributed by atoms with van der Waals surface area (Å²) in [6.07, 6.45) is 2.24. The monoisotopic (exact) mass is 475 g/mol. The number of fused-ring (bicyclic) bond motifs is 2. The molecular formula is C20H18IN3O3. The van der Waals surface area contributed by atoms with Crippen molar-refractivity contribution in [1.29, 1.82) is 0 Å². The molecule has 1 spiro atoms. The van der Waals surface area contributed by atoms with Gasteiger partial charge in [0, 0.05) is 3.57 Å². The summed E-state index contributed by atoms with van der Waals surface area (Å²) < 4.78 is 0.887. The van der Waals surface area contributed by atoms with Crippen LogP contribution in [-0.4, -0.2) is 29.3 Å². The normalized spacial score (nSPS) is 21.1. The first-order valence-electron chi connectivity index (χ1n) is 8.78. The number of carbonyl (C=O) groups is 3. The van der Waals surface area contributed by atoms with E-state index in [4.69, 9.17) is 0 Å². The van der Waals surface area contributed by atoms with Crippen LogP contribution in [0.4, 0.5) is 10.5 Å². The van der Waals surface area contributed by atoms with Crippen LogP contribution in [-0.2, 0) is 21.5 Å². The maximum absolute atomic E-state index is 13.2. The molecule has 1 aliphatic heterocycles. The zero-order valence-corrected chi connectivity index (χ0v) is 16.7. The van der Waals surface area contributed by atoms with E-state index in [2.05, 4.69) is 33.2 Å². The fraction of sp³-hybridized carbons (Fsp3) is 0.250. The van der Waals surface area contributed by atoms with Crippen molar-refractivity contribution in [2.24, 2.45) is 0 Å². The van der Waals surface area contributed by atoms with Gasteiger partial charge in [-0.05, 0) is 65.1 Å². The molecule has 0 radical (unpaired) electrons. The van der Waals surface area contributed by atoms with Crippen molar-refractivity contribution in [1.82, 2.24) is 10.2 Å². The third kappa shape index (κ3) is 3.09. The lowest BCUT2D eigenvalue weighted by Gasteiger charge is -2.33. The van der Waals surface area contributed by atoms with Crippen LogP contribution in [0.25, 0.3) is 0 Å². The van der Waals surface area contributed by atoms with Gasteiger partial charge in [0.2, 0.25) is 5.91 Å². The number of imide groups is 1. The number of carbonyl (C=O) groups excluding carboxylic acids is 3. The third-order valence-electron chi connectivity index (χ3n) is 5.10. The van der Waals surface area contributed by atoms with E-state index in [1.807, 2.05) is 42.5 Å². The predicted molar refractivity (Wildman–Crippen MR) is 109 cm³/mol. The zero-order chi connectivity index (χ0) is 19.0. The number of para-hydroxylation sites is 1. The molecule has 2 N–H and O–H groups in total. The Morgan fingerprint density at radius 3 is 2.70 bits per heavy atom. The summed E-state index contributed by atoms with van der Waals surface area (Å²) in [5.41, 5.74) is 1.53. The number of urea groups is 1. The first-order chi connectivity index (χ1) is 13.0. The van der Waals surface area contributed by atoms with Crippen molar-refractivity contribution in [2.45, 2.75) is 24.8 Å². The van der Waals surface area contributed by atoms with Gasteiger partial charge in [-0.2, -0.15) is 0 Å². The maximum atomic E-state index is 13.2. The molecule has 27 heavy (non-hydrogen) atoms. The Morgan fingerprint density at radius 2 is 1.89 bits per heavy atom. The Hall–Kier alpha value is -2.42. The van der Waals surface area contributed by atoms with Crippen LogP contribution in [0.5, 0.6) is 0 Å². The Morgan fingerprint density at radius 1 is 1.15 bits per heavy atom. The van der Waals surface area contributed by atoms with E-state index in [0.717, 1.165) is 32.4 Å². The molecule has 2 aliphatic rings. The third-order valence-corrected chi connectivity index (χ3v) is 6.04. The van der Waals surface area contributed by atoms with Gasteiger partial charge in [0.1, 0.15) is 12.1 Å². The second-order valence-electron chi connectivity index (χ2n) is 6.77. The second-order valence-corrected chi connectivity index (χ2v) is 7.93. The molecular weight excluding hydrogens is 457 g/mol. The summed E-state index contributed by atoms with van der Waals surface area (Å²) in [6.45, 7) is -0.306. The van der Waals surface area contributed by atoms with Gasteiger partial charge in [-0.1, -0.05) is 36.4 Å². The Labute approximate surface area is 170 Å². The minimum absolute atomic E-state index is 0.306. The molecule has 0 bridgehead atoms. The number of aryl methyl sites for hydroxylation is 1. The van der Waals surface area contributed by atoms with Crippen LogP contribution in [0.3, 0.4) is 0 Å². The number of amides is 4. The first-order valence-corrected chi connectivity index (χ1v) is 9.86. The number of hydrogen-bond acceptors (Lipinski definition) is 3. The summed E-state index contributed by atoms with van der Waals surface area (Å²) >= 11 is 2.12. The maximum Gasteiger partial charge on any atom is 0.325 e. The number of halogens is 1. The minimum Gasteiger partial charge on any atom is -0.324 e. The Kier molecular flexibility index (Phi) is 4.63. The van der Waals surface area contributed by atoms with Crippen molar-refractivity contribution in [3.05, 3.63) is 63.2 Å². The van der Waals surface area contributed by atoms with Crippen LogP contribution in [0, 0.1) is 3.57 Å². The molecule has 0 unspecified atom stereocenters. The predicted octanol–water partition coefficient (Wildman–Crippen LogP) is 3.01. The number of hydrogen-bond donors (Lipinski definition) is 2. The summed E-state index contributed by atoms with van der Waals surface area (Å²) in [7, 11) is 0. The van der Waals surface area contributed by atoms with Gasteiger partial charge in [0.15, 0.2) is 0 Å². The molecule has 0 saturated carbocycles. The van der Waals surface area contributed by atoms with E-state index in [1.54, 1.807) is 6.07 Å². The highest BCUT2D eigenvalue weighted by Crippen LogP contribution is 2.39. The number of nitrogens with zero attached hydrogens (tertiary/aromatic N) is 1. The highest BCUT2D eigenvalue weighted by atomic mass is 127. The molecule has 4 amide bonds. The molecule has 138 valence electrons. The van der Waals surface area contributed by atoms with E-state index < -0.39 is 17.5 Å². The number of rotatable bonds is 3. The molecule has 1 atom stereocenters. The minimum atomic E-state index is -1.05. The van der Waals surface area contributed by atoms with Gasteiger partial charge >= 0.3 is 6.03 Å². The van der Waals surface area contributed by atoms with E-state index in [9.17, 15) is 14.4 Å². The topological polar surface area (TPSA) is 78.5 Å². The summed E-state index contributed by atoms with van der Waals surface area (Å²) in [5, 5.41) is 5.63. The highest BCUT2D eigenvalue weighted by Gasteiger charge is 2.54. The molecule has 1 fully saturated rings. The largest absolute Gasteiger partial charge is 0.325 e. The molecule has 4 rings (SSSR count). The van der Waals surface area contributed by atoms with Gasteiger partial charge in [0.25, 0.3) is 5.91 Å². The van der Waals surface area contributed by atoms with Crippen LogP contribution in [0.1, 0.15) is 24.0 Å². The van der Waals surface area contributed by atoms with Crippen LogP contribution in [0.2, 0.25) is 0 Å². The van der Waals surface area contributed by atoms with Gasteiger partial charge in [-0.25, -0.2) is 4.79 Å². The molecule has 1 saturated heterocycles. The molecule has 1 aliphatic carbocycles. The van der Waals surface area contributed by atoms with E-state index >= 15 is 0 Å². The quantitative estimate of drug-likeness (QED) is 0.530. The fourth-order valence-electron chi connectivity index (χ4n) is 3.85. The first kappa shape index (κ1) is 18.0. The van der Waals surface area contributed by atoms with Gasteiger partial charge in [0.05, 0.1) is 5.69 Å². The molecule has 2 aromatic carbocycles. The van der Waals surface area contributed by atoms with Crippen molar-refractivity contribution < 1.29 is 14.4 Å². The number of benzene rings is 2. The van der Waals surface area contributed by atoms with Crippen LogP contribution < -0.4 is 10.6 Å². The molecule has 1 heterocycles. The van der Waals surface area contributed by atoms with E-state index in [0.29, 0.717) is 12.1 Å². The second kappa shape index (κ2) is 6.95. The van der Waals surface area contributed by atoms with Crippen molar-refractivity contribution in [2.75, 3.05) is 11.9 Å². The lowest BCUT2D eigenvalue weighted by Crippen LogP contribution is -2.47. The molecule has 6 nitrogen and oxygen atoms in total. The van der Waals surface area contributed by atoms with E-state index in [-0.39, 0.29) is 12.5 Å². The van der Waals surface area contributed by atoms with Crippen LogP contribution >= 0.6 is 22.6 Å². The average Bonchev–Trinajstić information content (AvgIpc) is 2.89. The SMILES string of the molecule is O=C(CN1C(=O)N[C@]2(CCCc3ccccc32)C1=O)Nc1ccccc1I. The Bertz CT molecular complexity index is 946. The van der Waals surface area contributed by atoms with E-state index in [1.165, 1.54) is 0 Å². The lowest BCUT2D eigenvalue weighted by atomic mass is 9.76. The van der Waals surface area contributed by atoms with Crippen molar-refractivity contribution >= 4 is 46.1 Å². The number of nitrogens with one attached hydrogen (secondary N) is 2. The molecule has 2 aromatic rings. The summed E-state index contributed by atoms with van der Waals surface area (Å²) in [6, 6.07) is 14.5. The highest BCUT2D eigenvalue weighted by molar-refractivity contribution is 14.1. The molecule has 0 aromatic heterocycles. The van der Waals surface area contributed by atoms with Gasteiger partial charge in [-0.3, -0.25) is 14.5 Å².